The van der Waals surface area contributed by atoms with Crippen LogP contribution < -0.4 is 0 Å². The highest BCUT2D eigenvalue weighted by molar-refractivity contribution is 6.22. The Bertz CT molecular complexity index is 2480. The van der Waals surface area contributed by atoms with Gasteiger partial charge in [-0.15, -0.1) is 0 Å². The van der Waals surface area contributed by atoms with Crippen LogP contribution in [-0.2, 0) is 0 Å². The van der Waals surface area contributed by atoms with Gasteiger partial charge in [-0.1, -0.05) is 158 Å². The summed E-state index contributed by atoms with van der Waals surface area (Å²) in [6, 6.07) is 46.3. The molecule has 0 bridgehead atoms. The Balaban J connectivity index is 1.53. The third-order valence-electron chi connectivity index (χ3n) is 8.13. The molecular formula is C42H28. The van der Waals surface area contributed by atoms with Gasteiger partial charge in [-0.25, -0.2) is 0 Å². The van der Waals surface area contributed by atoms with Gasteiger partial charge >= 0.3 is 0 Å². The van der Waals surface area contributed by atoms with Crippen molar-refractivity contribution in [3.05, 3.63) is 170 Å². The van der Waals surface area contributed by atoms with E-state index in [0.29, 0.717) is 5.56 Å². The van der Waals surface area contributed by atoms with Crippen molar-refractivity contribution in [3.63, 3.8) is 0 Å². The first kappa shape index (κ1) is 19.6. The molecule has 0 atom stereocenters. The molecule has 0 heteroatoms. The van der Waals surface area contributed by atoms with E-state index < -0.39 is 6.04 Å². The molecule has 8 rings (SSSR count). The van der Waals surface area contributed by atoms with Crippen LogP contribution in [0.2, 0.25) is 0 Å². The van der Waals surface area contributed by atoms with Crippen molar-refractivity contribution < 1.29 is 6.85 Å². The highest BCUT2D eigenvalue weighted by atomic mass is 14.2. The zero-order valence-corrected chi connectivity index (χ0v) is 22.8. The summed E-state index contributed by atoms with van der Waals surface area (Å²) in [6.45, 7) is 0. The maximum Gasteiger partial charge on any atom is 0.0629 e. The Hall–Kier alpha value is -5.46. The summed E-state index contributed by atoms with van der Waals surface area (Å²) < 4.78 is 43.4. The smallest absolute Gasteiger partial charge is 0.0622 e. The lowest BCUT2D eigenvalue weighted by molar-refractivity contribution is 1.61. The average molecular weight is 538 g/mol. The molecule has 8 aromatic carbocycles. The molecule has 0 radical (unpaired) electrons. The van der Waals surface area contributed by atoms with Gasteiger partial charge in [-0.05, 0) is 89.0 Å². The van der Waals surface area contributed by atoms with Gasteiger partial charge < -0.3 is 0 Å². The lowest BCUT2D eigenvalue weighted by atomic mass is 9.84. The molecule has 42 heavy (non-hydrogen) atoms. The van der Waals surface area contributed by atoms with Gasteiger partial charge in [0.25, 0.3) is 0 Å². The fourth-order valence-electron chi connectivity index (χ4n) is 6.26. The molecule has 0 spiro atoms. The van der Waals surface area contributed by atoms with E-state index in [1.165, 1.54) is 0 Å². The van der Waals surface area contributed by atoms with Crippen LogP contribution in [0.15, 0.2) is 170 Å². The van der Waals surface area contributed by atoms with Crippen molar-refractivity contribution in [2.75, 3.05) is 0 Å². The maximum absolute atomic E-state index is 9.02. The normalized spacial score (nSPS) is 13.0. The molecule has 0 heterocycles. The number of hydrogen-bond donors (Lipinski definition) is 0. The Labute approximate surface area is 253 Å². The van der Waals surface area contributed by atoms with E-state index in [1.807, 2.05) is 48.5 Å². The summed E-state index contributed by atoms with van der Waals surface area (Å²) in [6.07, 6.45) is 0. The molecular weight excluding hydrogens is 504 g/mol. The van der Waals surface area contributed by atoms with Crippen LogP contribution in [0.4, 0.5) is 0 Å². The molecule has 0 aliphatic rings. The van der Waals surface area contributed by atoms with Gasteiger partial charge in [0.2, 0.25) is 0 Å². The topological polar surface area (TPSA) is 0 Å². The summed E-state index contributed by atoms with van der Waals surface area (Å²) in [5, 5.41) is 5.80. The van der Waals surface area contributed by atoms with Gasteiger partial charge in [-0.2, -0.15) is 0 Å². The predicted octanol–water partition coefficient (Wildman–Crippen LogP) is 11.8. The quantitative estimate of drug-likeness (QED) is 0.196. The predicted molar refractivity (Wildman–Crippen MR) is 181 cm³/mol. The molecule has 8 aromatic rings. The van der Waals surface area contributed by atoms with E-state index >= 15 is 0 Å². The molecule has 0 nitrogen and oxygen atoms in total. The third kappa shape index (κ3) is 4.08. The molecule has 0 amide bonds. The van der Waals surface area contributed by atoms with Gasteiger partial charge in [0.05, 0.1) is 6.85 Å². The number of fused-ring (bicyclic) bond motifs is 3. The summed E-state index contributed by atoms with van der Waals surface area (Å²) >= 11 is 0. The van der Waals surface area contributed by atoms with Crippen molar-refractivity contribution in [3.8, 4) is 44.5 Å². The third-order valence-corrected chi connectivity index (χ3v) is 8.13. The fraction of sp³-hybridized carbons (Fsp3) is 0. The number of benzene rings is 8. The van der Waals surface area contributed by atoms with Crippen molar-refractivity contribution in [1.29, 1.82) is 0 Å². The highest BCUT2D eigenvalue weighted by Gasteiger charge is 2.18. The van der Waals surface area contributed by atoms with E-state index in [9.17, 15) is 0 Å². The van der Waals surface area contributed by atoms with Crippen LogP contribution in [0, 0.1) is 0 Å². The Morgan fingerprint density at radius 1 is 0.333 bits per heavy atom. The first-order valence-corrected chi connectivity index (χ1v) is 14.1. The van der Waals surface area contributed by atoms with Crippen LogP contribution >= 0.6 is 0 Å². The van der Waals surface area contributed by atoms with E-state index in [4.69, 9.17) is 6.85 Å². The zero-order chi connectivity index (χ0) is 32.2. The molecule has 0 saturated heterocycles. The first-order valence-electron chi connectivity index (χ1n) is 16.6. The molecule has 0 saturated carbocycles. The molecule has 0 aliphatic carbocycles. The van der Waals surface area contributed by atoms with Crippen LogP contribution in [-0.4, -0.2) is 0 Å². The van der Waals surface area contributed by atoms with Crippen LogP contribution in [0.3, 0.4) is 0 Å². The lowest BCUT2D eigenvalue weighted by Gasteiger charge is -2.19. The van der Waals surface area contributed by atoms with Crippen LogP contribution in [0.1, 0.15) is 6.85 Å². The van der Waals surface area contributed by atoms with E-state index in [2.05, 4.69) is 91.0 Å². The molecule has 0 aromatic heterocycles. The average Bonchev–Trinajstić information content (AvgIpc) is 3.13. The van der Waals surface area contributed by atoms with Gasteiger partial charge in [0.15, 0.2) is 0 Å². The Kier molecular flexibility index (Phi) is 4.75. The van der Waals surface area contributed by atoms with Crippen molar-refractivity contribution >= 4 is 32.3 Å². The maximum atomic E-state index is 9.02. The Morgan fingerprint density at radius 2 is 0.929 bits per heavy atom. The summed E-state index contributed by atoms with van der Waals surface area (Å²) in [5.74, 6) is 0. The van der Waals surface area contributed by atoms with Gasteiger partial charge in [-0.3, -0.25) is 0 Å². The minimum Gasteiger partial charge on any atom is -0.0622 e. The summed E-state index contributed by atoms with van der Waals surface area (Å²) in [5.41, 5.74) is 7.20. The van der Waals surface area contributed by atoms with E-state index in [0.717, 1.165) is 65.7 Å². The monoisotopic (exact) mass is 537 g/mol. The van der Waals surface area contributed by atoms with E-state index in [-0.39, 0.29) is 29.7 Å². The molecule has 0 unspecified atom stereocenters. The highest BCUT2D eigenvalue weighted by Crippen LogP contribution is 2.45. The minimum atomic E-state index is -0.400. The second kappa shape index (κ2) is 10.2. The fourth-order valence-corrected chi connectivity index (χ4v) is 6.26. The summed E-state index contributed by atoms with van der Waals surface area (Å²) in [4.78, 5) is 0. The summed E-state index contributed by atoms with van der Waals surface area (Å²) in [7, 11) is 0. The van der Waals surface area contributed by atoms with Crippen LogP contribution in [0.5, 0.6) is 0 Å². The Morgan fingerprint density at radius 3 is 1.74 bits per heavy atom. The number of hydrogen-bond acceptors (Lipinski definition) is 0. The lowest BCUT2D eigenvalue weighted by Crippen LogP contribution is -1.92. The number of rotatable bonds is 4. The van der Waals surface area contributed by atoms with Gasteiger partial charge in [0.1, 0.15) is 0 Å². The minimum absolute atomic E-state index is 0.205. The molecule has 0 fully saturated rings. The molecule has 196 valence electrons. The largest absolute Gasteiger partial charge is 0.0629 e. The standard InChI is InChI=1S/C42H28/c1-3-13-29(14-4-1)32-19-11-20-34(27-32)42-38-23-10-9-22-37(38)41(31-16-5-2-6-17-31)40-28-33(25-26-39(40)42)36-24-12-18-30-15-7-8-21-35(30)36/h1-28H/i2D,5D,6D,16D,17D. The second-order valence-electron chi connectivity index (χ2n) is 10.5. The SMILES string of the molecule is [2H]c1c([2H])c([2H])c(-c2c3ccccc3c(-c3cccc(-c4ccccc4)c3)c3ccc(-c4cccc5ccccc45)cc23)c([2H])c1[2H]. The van der Waals surface area contributed by atoms with Crippen molar-refractivity contribution in [2.45, 2.75) is 0 Å². The van der Waals surface area contributed by atoms with E-state index in [1.54, 1.807) is 0 Å². The van der Waals surface area contributed by atoms with Crippen molar-refractivity contribution in [2.24, 2.45) is 0 Å². The van der Waals surface area contributed by atoms with Crippen LogP contribution in [0.25, 0.3) is 76.8 Å². The molecule has 0 aliphatic heterocycles. The first-order chi connectivity index (χ1) is 22.9. The van der Waals surface area contributed by atoms with Crippen molar-refractivity contribution in [1.82, 2.24) is 0 Å². The second-order valence-corrected chi connectivity index (χ2v) is 10.5. The molecule has 0 N–H and O–H groups in total. The zero-order valence-electron chi connectivity index (χ0n) is 27.8. The van der Waals surface area contributed by atoms with Gasteiger partial charge in [0, 0.05) is 0 Å².